The van der Waals surface area contributed by atoms with E-state index < -0.39 is 0 Å². The van der Waals surface area contributed by atoms with Crippen molar-refractivity contribution in [3.05, 3.63) is 46.6 Å². The molecule has 0 aliphatic carbocycles. The molecule has 0 aliphatic rings. The Morgan fingerprint density at radius 1 is 1.10 bits per heavy atom. The minimum absolute atomic E-state index is 0.878. The maximum Gasteiger partial charge on any atom is 0.119 e. The molecule has 20 heavy (non-hydrogen) atoms. The molecule has 4 heteroatoms. The highest BCUT2D eigenvalue weighted by atomic mass is 79.9. The molecule has 0 amide bonds. The maximum absolute atomic E-state index is 5.26. The third-order valence-corrected chi connectivity index (χ3v) is 4.42. The van der Waals surface area contributed by atoms with Crippen LogP contribution in [-0.4, -0.2) is 16.9 Å². The van der Waals surface area contributed by atoms with Crippen molar-refractivity contribution in [1.29, 1.82) is 0 Å². The van der Waals surface area contributed by atoms with E-state index in [0.29, 0.717) is 0 Å². The van der Waals surface area contributed by atoms with Crippen LogP contribution in [0.1, 0.15) is 5.69 Å². The van der Waals surface area contributed by atoms with Crippen molar-refractivity contribution in [3.8, 4) is 17.0 Å². The van der Waals surface area contributed by atoms with Crippen molar-refractivity contribution in [2.75, 3.05) is 7.11 Å². The van der Waals surface area contributed by atoms with E-state index in [9.17, 15) is 0 Å². The lowest BCUT2D eigenvalue weighted by Gasteiger charge is -2.07. The number of hydrogen-bond donors (Lipinski definition) is 0. The van der Waals surface area contributed by atoms with Crippen LogP contribution in [0.2, 0.25) is 0 Å². The zero-order valence-electron chi connectivity index (χ0n) is 11.6. The van der Waals surface area contributed by atoms with Gasteiger partial charge in [0, 0.05) is 12.6 Å². The number of aryl methyl sites for hydroxylation is 2. The van der Waals surface area contributed by atoms with Gasteiger partial charge in [0.15, 0.2) is 0 Å². The Hall–Kier alpha value is -1.81. The molecular weight excluding hydrogens is 316 g/mol. The third kappa shape index (κ3) is 2.10. The second-order valence-corrected chi connectivity index (χ2v) is 5.59. The molecule has 0 radical (unpaired) electrons. The van der Waals surface area contributed by atoms with Gasteiger partial charge < -0.3 is 4.74 Å². The van der Waals surface area contributed by atoms with Gasteiger partial charge >= 0.3 is 0 Å². The first-order valence-corrected chi connectivity index (χ1v) is 7.16. The van der Waals surface area contributed by atoms with Gasteiger partial charge in [-0.25, -0.2) is 0 Å². The van der Waals surface area contributed by atoms with Crippen LogP contribution in [0, 0.1) is 6.92 Å². The first-order chi connectivity index (χ1) is 9.60. The van der Waals surface area contributed by atoms with Crippen molar-refractivity contribution < 1.29 is 4.74 Å². The zero-order chi connectivity index (χ0) is 14.3. The molecule has 0 aliphatic heterocycles. The minimum Gasteiger partial charge on any atom is -0.497 e. The van der Waals surface area contributed by atoms with E-state index >= 15 is 0 Å². The second-order valence-electron chi connectivity index (χ2n) is 4.80. The first kappa shape index (κ1) is 13.2. The number of fused-ring (bicyclic) bond motifs is 1. The molecule has 3 rings (SSSR count). The third-order valence-electron chi connectivity index (χ3n) is 3.47. The quantitative estimate of drug-likeness (QED) is 0.699. The summed E-state index contributed by atoms with van der Waals surface area (Å²) >= 11 is 3.62. The van der Waals surface area contributed by atoms with Crippen LogP contribution in [0.15, 0.2) is 40.9 Å². The second kappa shape index (κ2) is 4.94. The molecule has 0 N–H and O–H groups in total. The van der Waals surface area contributed by atoms with Crippen LogP contribution in [0.4, 0.5) is 0 Å². The largest absolute Gasteiger partial charge is 0.497 e. The number of nitrogens with zero attached hydrogens (tertiary/aromatic N) is 2. The highest BCUT2D eigenvalue weighted by Crippen LogP contribution is 2.32. The molecule has 0 fully saturated rings. The average molecular weight is 331 g/mol. The van der Waals surface area contributed by atoms with Crippen molar-refractivity contribution in [1.82, 2.24) is 9.78 Å². The molecule has 1 aromatic heterocycles. The number of aromatic nitrogens is 2. The lowest BCUT2D eigenvalue weighted by atomic mass is 10.0. The summed E-state index contributed by atoms with van der Waals surface area (Å²) in [4.78, 5) is 0. The van der Waals surface area contributed by atoms with Crippen molar-refractivity contribution >= 4 is 26.7 Å². The van der Waals surface area contributed by atoms with Crippen molar-refractivity contribution in [2.45, 2.75) is 6.92 Å². The zero-order valence-corrected chi connectivity index (χ0v) is 13.2. The summed E-state index contributed by atoms with van der Waals surface area (Å²) in [5, 5.41) is 6.80. The fraction of sp³-hybridized carbons (Fsp3) is 0.188. The van der Waals surface area contributed by atoms with E-state index in [-0.39, 0.29) is 0 Å². The lowest BCUT2D eigenvalue weighted by molar-refractivity contribution is 0.415. The van der Waals surface area contributed by atoms with Crippen LogP contribution >= 0.6 is 15.9 Å². The van der Waals surface area contributed by atoms with Gasteiger partial charge in [-0.1, -0.05) is 18.2 Å². The van der Waals surface area contributed by atoms with Gasteiger partial charge in [-0.05, 0) is 51.8 Å². The molecule has 0 atom stereocenters. The Labute approximate surface area is 126 Å². The first-order valence-electron chi connectivity index (χ1n) is 6.37. The van der Waals surface area contributed by atoms with Crippen LogP contribution in [0.3, 0.4) is 0 Å². The topological polar surface area (TPSA) is 27.1 Å². The fourth-order valence-electron chi connectivity index (χ4n) is 2.44. The average Bonchev–Trinajstić information content (AvgIpc) is 2.71. The lowest BCUT2D eigenvalue weighted by Crippen LogP contribution is -1.94. The van der Waals surface area contributed by atoms with Gasteiger partial charge in [0.1, 0.15) is 5.75 Å². The Kier molecular flexibility index (Phi) is 3.26. The van der Waals surface area contributed by atoms with Crippen molar-refractivity contribution in [2.24, 2.45) is 7.05 Å². The molecule has 0 saturated carbocycles. The van der Waals surface area contributed by atoms with E-state index in [1.807, 2.05) is 30.8 Å². The Bertz CT molecular complexity index is 793. The SMILES string of the molecule is COc1ccc2cc(-c3c(Br)c(C)nn3C)ccc2c1. The normalized spacial score (nSPS) is 11.0. The molecule has 0 unspecified atom stereocenters. The van der Waals surface area contributed by atoms with Gasteiger partial charge in [-0.3, -0.25) is 4.68 Å². The molecule has 102 valence electrons. The van der Waals surface area contributed by atoms with E-state index in [2.05, 4.69) is 45.3 Å². The van der Waals surface area contributed by atoms with Gasteiger partial charge in [-0.15, -0.1) is 0 Å². The molecule has 0 spiro atoms. The van der Waals surface area contributed by atoms with E-state index in [1.165, 1.54) is 10.8 Å². The summed E-state index contributed by atoms with van der Waals surface area (Å²) < 4.78 is 8.21. The summed E-state index contributed by atoms with van der Waals surface area (Å²) in [6.45, 7) is 2.00. The van der Waals surface area contributed by atoms with Crippen LogP contribution in [0.25, 0.3) is 22.0 Å². The number of methoxy groups -OCH3 is 1. The molecule has 3 nitrogen and oxygen atoms in total. The minimum atomic E-state index is 0.878. The Morgan fingerprint density at radius 2 is 1.80 bits per heavy atom. The molecular formula is C16H15BrN2O. The van der Waals surface area contributed by atoms with Gasteiger partial charge in [0.25, 0.3) is 0 Å². The van der Waals surface area contributed by atoms with Gasteiger partial charge in [0.2, 0.25) is 0 Å². The standard InChI is InChI=1S/C16H15BrN2O/c1-10-15(17)16(19(2)18-10)13-5-4-12-9-14(20-3)7-6-11(12)8-13/h4-9H,1-3H3. The molecule has 2 aromatic carbocycles. The van der Waals surface area contributed by atoms with Gasteiger partial charge in [0.05, 0.1) is 23.0 Å². The molecule has 3 aromatic rings. The fourth-order valence-corrected chi connectivity index (χ4v) is 3.01. The number of rotatable bonds is 2. The number of hydrogen-bond acceptors (Lipinski definition) is 2. The van der Waals surface area contributed by atoms with Crippen molar-refractivity contribution in [3.63, 3.8) is 0 Å². The summed E-state index contributed by atoms with van der Waals surface area (Å²) in [7, 11) is 3.65. The predicted octanol–water partition coefficient (Wildman–Crippen LogP) is 4.32. The maximum atomic E-state index is 5.26. The summed E-state index contributed by atoms with van der Waals surface area (Å²) in [5.74, 6) is 0.878. The molecule has 1 heterocycles. The number of benzene rings is 2. The van der Waals surface area contributed by atoms with Crippen LogP contribution < -0.4 is 4.74 Å². The number of ether oxygens (including phenoxy) is 1. The van der Waals surface area contributed by atoms with E-state index in [1.54, 1.807) is 7.11 Å². The smallest absolute Gasteiger partial charge is 0.119 e. The molecule has 0 bridgehead atoms. The van der Waals surface area contributed by atoms with E-state index in [4.69, 9.17) is 4.74 Å². The monoisotopic (exact) mass is 330 g/mol. The number of halogens is 1. The summed E-state index contributed by atoms with van der Waals surface area (Å²) in [6, 6.07) is 12.5. The Morgan fingerprint density at radius 3 is 2.45 bits per heavy atom. The van der Waals surface area contributed by atoms with Crippen LogP contribution in [-0.2, 0) is 7.05 Å². The predicted molar refractivity (Wildman–Crippen MR) is 85.1 cm³/mol. The Balaban J connectivity index is 2.18. The van der Waals surface area contributed by atoms with Crippen LogP contribution in [0.5, 0.6) is 5.75 Å². The summed E-state index contributed by atoms with van der Waals surface area (Å²) in [6.07, 6.45) is 0. The highest BCUT2D eigenvalue weighted by Gasteiger charge is 2.13. The molecule has 0 saturated heterocycles. The van der Waals surface area contributed by atoms with E-state index in [0.717, 1.165) is 27.2 Å². The summed E-state index contributed by atoms with van der Waals surface area (Å²) in [5.41, 5.74) is 3.25. The highest BCUT2D eigenvalue weighted by molar-refractivity contribution is 9.10. The van der Waals surface area contributed by atoms with Gasteiger partial charge in [-0.2, -0.15) is 5.10 Å².